The summed E-state index contributed by atoms with van der Waals surface area (Å²) in [6.45, 7) is 1.34. The summed E-state index contributed by atoms with van der Waals surface area (Å²) in [5.41, 5.74) is 4.77. The minimum atomic E-state index is -1.10. The van der Waals surface area contributed by atoms with E-state index in [-0.39, 0.29) is 0 Å². The summed E-state index contributed by atoms with van der Waals surface area (Å²) in [5.74, 6) is -1.45. The number of carbonyl (C=O) groups excluding carboxylic acids is 3. The van der Waals surface area contributed by atoms with E-state index >= 15 is 0 Å². The first-order valence-corrected chi connectivity index (χ1v) is 6.73. The molecule has 6 nitrogen and oxygen atoms in total. The second kappa shape index (κ2) is 7.05. The minimum Gasteiger partial charge on any atom is -0.449 e. The largest absolute Gasteiger partial charge is 0.449 e. The van der Waals surface area contributed by atoms with Gasteiger partial charge in [-0.15, -0.1) is 11.3 Å². The van der Waals surface area contributed by atoms with Crippen molar-refractivity contribution in [3.8, 4) is 0 Å². The molecule has 0 aliphatic carbocycles. The maximum Gasteiger partial charge on any atom is 0.331 e. The Bertz CT molecular complexity index is 527. The van der Waals surface area contributed by atoms with E-state index in [1.54, 1.807) is 6.08 Å². The molecule has 0 fully saturated rings. The summed E-state index contributed by atoms with van der Waals surface area (Å²) >= 11 is 4.74. The van der Waals surface area contributed by atoms with Crippen molar-refractivity contribution in [2.75, 3.05) is 0 Å². The molecule has 0 saturated heterocycles. The summed E-state index contributed by atoms with van der Waals surface area (Å²) < 4.78 is 5.73. The maximum absolute atomic E-state index is 11.4. The Kier molecular flexibility index (Phi) is 5.71. The van der Waals surface area contributed by atoms with Crippen LogP contribution in [0.25, 0.3) is 6.08 Å². The summed E-state index contributed by atoms with van der Waals surface area (Å²) in [4.78, 5) is 34.0. The molecule has 102 valence electrons. The van der Waals surface area contributed by atoms with Gasteiger partial charge < -0.3 is 10.5 Å². The SMILES string of the molecule is C[C@@H](OC(=O)/C=C/c1ccc(Br)s1)C(=O)NC(N)=O. The smallest absolute Gasteiger partial charge is 0.331 e. The van der Waals surface area contributed by atoms with Crippen LogP contribution in [-0.2, 0) is 14.3 Å². The summed E-state index contributed by atoms with van der Waals surface area (Å²) in [6.07, 6.45) is 1.67. The van der Waals surface area contributed by atoms with E-state index in [0.717, 1.165) is 8.66 Å². The van der Waals surface area contributed by atoms with Crippen LogP contribution in [0.1, 0.15) is 11.8 Å². The second-order valence-corrected chi connectivity index (χ2v) is 5.90. The molecule has 0 aromatic carbocycles. The average Bonchev–Trinajstić information content (AvgIpc) is 2.71. The van der Waals surface area contributed by atoms with Crippen LogP contribution >= 0.6 is 27.3 Å². The zero-order chi connectivity index (χ0) is 14.4. The van der Waals surface area contributed by atoms with Crippen molar-refractivity contribution in [1.29, 1.82) is 0 Å². The number of esters is 1. The molecular weight excluding hydrogens is 336 g/mol. The number of rotatable bonds is 4. The Hall–Kier alpha value is -1.67. The number of amides is 3. The van der Waals surface area contributed by atoms with E-state index in [4.69, 9.17) is 10.5 Å². The van der Waals surface area contributed by atoms with Gasteiger partial charge in [-0.05, 0) is 41.1 Å². The first-order valence-electron chi connectivity index (χ1n) is 5.13. The topological polar surface area (TPSA) is 98.5 Å². The zero-order valence-corrected chi connectivity index (χ0v) is 12.3. The monoisotopic (exact) mass is 346 g/mol. The van der Waals surface area contributed by atoms with Crippen LogP contribution in [0.2, 0.25) is 0 Å². The fourth-order valence-electron chi connectivity index (χ4n) is 1.06. The van der Waals surface area contributed by atoms with Gasteiger partial charge in [0.2, 0.25) is 0 Å². The highest BCUT2D eigenvalue weighted by Crippen LogP contribution is 2.22. The molecule has 8 heteroatoms. The van der Waals surface area contributed by atoms with Gasteiger partial charge in [0.25, 0.3) is 5.91 Å². The molecule has 0 aliphatic heterocycles. The zero-order valence-electron chi connectivity index (χ0n) is 9.88. The predicted octanol–water partition coefficient (Wildman–Crippen LogP) is 1.65. The van der Waals surface area contributed by atoms with Crippen molar-refractivity contribution >= 4 is 51.3 Å². The van der Waals surface area contributed by atoms with Crippen molar-refractivity contribution < 1.29 is 19.1 Å². The third-order valence-corrected chi connectivity index (χ3v) is 3.48. The Morgan fingerprint density at radius 3 is 2.68 bits per heavy atom. The average molecular weight is 347 g/mol. The molecule has 1 heterocycles. The van der Waals surface area contributed by atoms with E-state index in [2.05, 4.69) is 15.9 Å². The predicted molar refractivity (Wildman–Crippen MR) is 74.3 cm³/mol. The Morgan fingerprint density at radius 1 is 1.47 bits per heavy atom. The number of nitrogens with two attached hydrogens (primary N) is 1. The molecular formula is C11H11BrN2O4S. The molecule has 3 amide bonds. The maximum atomic E-state index is 11.4. The molecule has 0 spiro atoms. The van der Waals surface area contributed by atoms with Gasteiger partial charge in [0.15, 0.2) is 6.10 Å². The summed E-state index contributed by atoms with van der Waals surface area (Å²) in [7, 11) is 0. The van der Waals surface area contributed by atoms with Crippen molar-refractivity contribution in [2.24, 2.45) is 5.73 Å². The molecule has 0 radical (unpaired) electrons. The van der Waals surface area contributed by atoms with E-state index < -0.39 is 24.0 Å². The van der Waals surface area contributed by atoms with Crippen molar-refractivity contribution in [2.45, 2.75) is 13.0 Å². The fourth-order valence-corrected chi connectivity index (χ4v) is 2.38. The van der Waals surface area contributed by atoms with Crippen molar-refractivity contribution in [1.82, 2.24) is 5.32 Å². The number of halogens is 1. The van der Waals surface area contributed by atoms with Gasteiger partial charge in [0.1, 0.15) is 0 Å². The first kappa shape index (κ1) is 15.4. The molecule has 0 bridgehead atoms. The highest BCUT2D eigenvalue weighted by molar-refractivity contribution is 9.11. The van der Waals surface area contributed by atoms with Gasteiger partial charge in [-0.2, -0.15) is 0 Å². The number of thiophene rings is 1. The van der Waals surface area contributed by atoms with Gasteiger partial charge >= 0.3 is 12.0 Å². The number of imide groups is 1. The van der Waals surface area contributed by atoms with E-state index in [1.807, 2.05) is 17.4 Å². The molecule has 1 aromatic heterocycles. The molecule has 1 aromatic rings. The summed E-state index contributed by atoms with van der Waals surface area (Å²) in [6, 6.07) is 2.67. The lowest BCUT2D eigenvalue weighted by atomic mass is 10.3. The van der Waals surface area contributed by atoms with Crippen molar-refractivity contribution in [3.05, 3.63) is 26.9 Å². The number of nitrogens with one attached hydrogen (secondary N) is 1. The lowest BCUT2D eigenvalue weighted by Crippen LogP contribution is -2.42. The highest BCUT2D eigenvalue weighted by Gasteiger charge is 2.17. The third kappa shape index (κ3) is 5.66. The van der Waals surface area contributed by atoms with Crippen LogP contribution in [0, 0.1) is 0 Å². The molecule has 0 aliphatic rings. The van der Waals surface area contributed by atoms with E-state index in [9.17, 15) is 14.4 Å². The van der Waals surface area contributed by atoms with Crippen LogP contribution in [-0.4, -0.2) is 24.0 Å². The van der Waals surface area contributed by atoms with Crippen LogP contribution in [0.4, 0.5) is 4.79 Å². The van der Waals surface area contributed by atoms with Gasteiger partial charge in [-0.25, -0.2) is 9.59 Å². The van der Waals surface area contributed by atoms with Crippen LogP contribution in [0.3, 0.4) is 0 Å². The Labute approximate surface area is 121 Å². The Balaban J connectivity index is 2.48. The third-order valence-electron chi connectivity index (χ3n) is 1.89. The number of primary amides is 1. The highest BCUT2D eigenvalue weighted by atomic mass is 79.9. The van der Waals surface area contributed by atoms with Crippen LogP contribution in [0.5, 0.6) is 0 Å². The van der Waals surface area contributed by atoms with E-state index in [1.165, 1.54) is 24.3 Å². The number of hydrogen-bond donors (Lipinski definition) is 2. The second-order valence-electron chi connectivity index (χ2n) is 3.41. The quantitative estimate of drug-likeness (QED) is 0.639. The fraction of sp³-hybridized carbons (Fsp3) is 0.182. The molecule has 19 heavy (non-hydrogen) atoms. The van der Waals surface area contributed by atoms with Gasteiger partial charge in [-0.3, -0.25) is 10.1 Å². The number of ether oxygens (including phenoxy) is 1. The minimum absolute atomic E-state index is 0.684. The normalized spacial score (nSPS) is 12.1. The number of hydrogen-bond acceptors (Lipinski definition) is 5. The summed E-state index contributed by atoms with van der Waals surface area (Å²) in [5, 5.41) is 1.82. The van der Waals surface area contributed by atoms with Gasteiger partial charge in [0.05, 0.1) is 3.79 Å². The molecule has 3 N–H and O–H groups in total. The standard InChI is InChI=1S/C11H11BrN2O4S/c1-6(10(16)14-11(13)17)18-9(15)5-3-7-2-4-8(12)19-7/h2-6H,1H3,(H3,13,14,16,17)/b5-3+/t6-/m1/s1. The molecule has 0 saturated carbocycles. The van der Waals surface area contributed by atoms with Gasteiger partial charge in [0, 0.05) is 11.0 Å². The molecule has 1 atom stereocenters. The van der Waals surface area contributed by atoms with E-state index in [0.29, 0.717) is 0 Å². The van der Waals surface area contributed by atoms with Gasteiger partial charge in [-0.1, -0.05) is 0 Å². The molecule has 0 unspecified atom stereocenters. The van der Waals surface area contributed by atoms with Crippen LogP contribution < -0.4 is 11.1 Å². The van der Waals surface area contributed by atoms with Crippen LogP contribution in [0.15, 0.2) is 22.0 Å². The number of carbonyl (C=O) groups is 3. The number of urea groups is 1. The lowest BCUT2D eigenvalue weighted by Gasteiger charge is -2.09. The lowest BCUT2D eigenvalue weighted by molar-refractivity contribution is -0.149. The Morgan fingerprint density at radius 2 is 2.16 bits per heavy atom. The van der Waals surface area contributed by atoms with Crippen molar-refractivity contribution in [3.63, 3.8) is 0 Å². The molecule has 1 rings (SSSR count). The first-order chi connectivity index (χ1) is 8.88.